The summed E-state index contributed by atoms with van der Waals surface area (Å²) in [7, 11) is 0. The van der Waals surface area contributed by atoms with Gasteiger partial charge in [-0.1, -0.05) is 72.8 Å². The molecule has 0 aromatic heterocycles. The van der Waals surface area contributed by atoms with Crippen LogP contribution in [-0.2, 0) is 0 Å². The van der Waals surface area contributed by atoms with Crippen LogP contribution in [0.4, 0.5) is 0 Å². The minimum atomic E-state index is 0.324. The average molecular weight is 270 g/mol. The summed E-state index contributed by atoms with van der Waals surface area (Å²) in [5.41, 5.74) is 1.98. The van der Waals surface area contributed by atoms with Gasteiger partial charge in [0.15, 0.2) is 0 Å². The quantitative estimate of drug-likeness (QED) is 0.493. The molecule has 0 spiro atoms. The molecule has 0 unspecified atom stereocenters. The molecule has 0 aliphatic carbocycles. The summed E-state index contributed by atoms with van der Waals surface area (Å²) in [6.07, 6.45) is 0. The summed E-state index contributed by atoms with van der Waals surface area (Å²) >= 11 is 0. The number of aromatic hydroxyl groups is 1. The van der Waals surface area contributed by atoms with E-state index in [0.717, 1.165) is 27.3 Å². The fourth-order valence-corrected chi connectivity index (χ4v) is 2.99. The van der Waals surface area contributed by atoms with E-state index in [1.165, 1.54) is 5.39 Å². The number of phenols is 1. The van der Waals surface area contributed by atoms with E-state index in [0.29, 0.717) is 5.75 Å². The van der Waals surface area contributed by atoms with Crippen molar-refractivity contribution in [3.63, 3.8) is 0 Å². The van der Waals surface area contributed by atoms with E-state index in [1.807, 2.05) is 36.4 Å². The molecule has 0 amide bonds. The minimum absolute atomic E-state index is 0.324. The first-order valence-corrected chi connectivity index (χ1v) is 7.03. The molecular formula is C20H14O. The van der Waals surface area contributed by atoms with E-state index in [2.05, 4.69) is 36.4 Å². The Hall–Kier alpha value is -2.80. The third-order valence-electron chi connectivity index (χ3n) is 3.97. The van der Waals surface area contributed by atoms with Crippen molar-refractivity contribution in [1.82, 2.24) is 0 Å². The predicted octanol–water partition coefficient (Wildman–Crippen LogP) is 5.37. The third-order valence-corrected chi connectivity index (χ3v) is 3.97. The Morgan fingerprint density at radius 3 is 1.95 bits per heavy atom. The normalized spacial score (nSPS) is 11.0. The maximum absolute atomic E-state index is 10.4. The van der Waals surface area contributed by atoms with E-state index in [4.69, 9.17) is 0 Å². The average Bonchev–Trinajstić information content (AvgIpc) is 2.54. The van der Waals surface area contributed by atoms with Gasteiger partial charge in [0.25, 0.3) is 0 Å². The van der Waals surface area contributed by atoms with Crippen molar-refractivity contribution in [2.45, 2.75) is 0 Å². The Morgan fingerprint density at radius 2 is 1.14 bits per heavy atom. The second-order valence-corrected chi connectivity index (χ2v) is 5.21. The van der Waals surface area contributed by atoms with Crippen LogP contribution in [0.1, 0.15) is 0 Å². The fraction of sp³-hybridized carbons (Fsp3) is 0. The SMILES string of the molecule is Oc1ccc2ccccc2c1-c1cccc2ccccc12. The second-order valence-electron chi connectivity index (χ2n) is 5.21. The van der Waals surface area contributed by atoms with Gasteiger partial charge in [-0.2, -0.15) is 0 Å². The monoisotopic (exact) mass is 270 g/mol. The van der Waals surface area contributed by atoms with Crippen molar-refractivity contribution >= 4 is 21.5 Å². The van der Waals surface area contributed by atoms with Gasteiger partial charge in [-0.3, -0.25) is 0 Å². The molecule has 1 heteroatoms. The van der Waals surface area contributed by atoms with Gasteiger partial charge < -0.3 is 5.11 Å². The van der Waals surface area contributed by atoms with Crippen molar-refractivity contribution < 1.29 is 5.11 Å². The van der Waals surface area contributed by atoms with E-state index in [9.17, 15) is 5.11 Å². The van der Waals surface area contributed by atoms with Crippen LogP contribution in [0.15, 0.2) is 78.9 Å². The lowest BCUT2D eigenvalue weighted by Gasteiger charge is -2.12. The summed E-state index contributed by atoms with van der Waals surface area (Å²) in [6.45, 7) is 0. The van der Waals surface area contributed by atoms with Crippen molar-refractivity contribution in [3.8, 4) is 16.9 Å². The predicted molar refractivity (Wildman–Crippen MR) is 88.6 cm³/mol. The van der Waals surface area contributed by atoms with Gasteiger partial charge in [0, 0.05) is 5.56 Å². The Morgan fingerprint density at radius 1 is 0.524 bits per heavy atom. The van der Waals surface area contributed by atoms with E-state index in [1.54, 1.807) is 6.07 Å². The number of phenolic OH excluding ortho intramolecular Hbond substituents is 1. The van der Waals surface area contributed by atoms with Crippen molar-refractivity contribution in [2.75, 3.05) is 0 Å². The van der Waals surface area contributed by atoms with Gasteiger partial charge in [0.1, 0.15) is 5.75 Å². The number of benzene rings is 4. The van der Waals surface area contributed by atoms with Gasteiger partial charge >= 0.3 is 0 Å². The van der Waals surface area contributed by atoms with Crippen LogP contribution in [0.25, 0.3) is 32.7 Å². The lowest BCUT2D eigenvalue weighted by molar-refractivity contribution is 0.478. The number of rotatable bonds is 1. The lowest BCUT2D eigenvalue weighted by Crippen LogP contribution is -1.85. The molecule has 4 aromatic rings. The first-order valence-electron chi connectivity index (χ1n) is 7.03. The molecular weight excluding hydrogens is 256 g/mol. The van der Waals surface area contributed by atoms with Crippen LogP contribution >= 0.6 is 0 Å². The van der Waals surface area contributed by atoms with Gasteiger partial charge in [-0.25, -0.2) is 0 Å². The van der Waals surface area contributed by atoms with Crippen LogP contribution in [0, 0.1) is 0 Å². The van der Waals surface area contributed by atoms with Gasteiger partial charge in [0.2, 0.25) is 0 Å². The van der Waals surface area contributed by atoms with Crippen molar-refractivity contribution in [1.29, 1.82) is 0 Å². The molecule has 4 rings (SSSR count). The largest absolute Gasteiger partial charge is 0.507 e. The highest BCUT2D eigenvalue weighted by Crippen LogP contribution is 2.39. The minimum Gasteiger partial charge on any atom is -0.507 e. The molecule has 0 radical (unpaired) electrons. The van der Waals surface area contributed by atoms with Crippen molar-refractivity contribution in [3.05, 3.63) is 78.9 Å². The Balaban J connectivity index is 2.16. The standard InChI is InChI=1S/C20H14O/c21-19-13-12-15-7-2-4-10-17(15)20(19)18-11-5-8-14-6-1-3-9-16(14)18/h1-13,21H. The Labute approximate surface area is 123 Å². The molecule has 0 saturated carbocycles. The number of hydrogen-bond donors (Lipinski definition) is 1. The molecule has 1 nitrogen and oxygen atoms in total. The zero-order valence-corrected chi connectivity index (χ0v) is 11.5. The molecule has 100 valence electrons. The molecule has 0 saturated heterocycles. The third kappa shape index (κ3) is 1.86. The summed E-state index contributed by atoms with van der Waals surface area (Å²) < 4.78 is 0. The highest BCUT2D eigenvalue weighted by atomic mass is 16.3. The maximum Gasteiger partial charge on any atom is 0.124 e. The van der Waals surface area contributed by atoms with E-state index < -0.39 is 0 Å². The highest BCUT2D eigenvalue weighted by Gasteiger charge is 2.11. The summed E-state index contributed by atoms with van der Waals surface area (Å²) in [5, 5.41) is 15.0. The fourth-order valence-electron chi connectivity index (χ4n) is 2.99. The molecule has 0 atom stereocenters. The zero-order chi connectivity index (χ0) is 14.2. The van der Waals surface area contributed by atoms with Gasteiger partial charge in [0.05, 0.1) is 0 Å². The van der Waals surface area contributed by atoms with E-state index >= 15 is 0 Å². The molecule has 1 N–H and O–H groups in total. The van der Waals surface area contributed by atoms with Crippen LogP contribution in [0.2, 0.25) is 0 Å². The molecule has 0 aliphatic heterocycles. The molecule has 0 fully saturated rings. The molecule has 0 aliphatic rings. The van der Waals surface area contributed by atoms with Gasteiger partial charge in [-0.15, -0.1) is 0 Å². The van der Waals surface area contributed by atoms with Gasteiger partial charge in [-0.05, 0) is 33.2 Å². The van der Waals surface area contributed by atoms with Crippen LogP contribution in [-0.4, -0.2) is 5.11 Å². The number of fused-ring (bicyclic) bond motifs is 2. The lowest BCUT2D eigenvalue weighted by atomic mass is 9.93. The van der Waals surface area contributed by atoms with Crippen LogP contribution < -0.4 is 0 Å². The molecule has 0 bridgehead atoms. The first kappa shape index (κ1) is 12.0. The highest BCUT2D eigenvalue weighted by molar-refractivity contribution is 6.07. The summed E-state index contributed by atoms with van der Waals surface area (Å²) in [6, 6.07) is 26.4. The number of hydrogen-bond acceptors (Lipinski definition) is 1. The topological polar surface area (TPSA) is 20.2 Å². The Bertz CT molecular complexity index is 949. The Kier molecular flexibility index (Phi) is 2.65. The summed E-state index contributed by atoms with van der Waals surface area (Å²) in [4.78, 5) is 0. The van der Waals surface area contributed by atoms with E-state index in [-0.39, 0.29) is 0 Å². The van der Waals surface area contributed by atoms with Crippen molar-refractivity contribution in [2.24, 2.45) is 0 Å². The summed E-state index contributed by atoms with van der Waals surface area (Å²) in [5.74, 6) is 0.324. The second kappa shape index (κ2) is 4.64. The van der Waals surface area contributed by atoms with Crippen LogP contribution in [0.5, 0.6) is 5.75 Å². The zero-order valence-electron chi connectivity index (χ0n) is 11.5. The first-order chi connectivity index (χ1) is 10.3. The smallest absolute Gasteiger partial charge is 0.124 e. The molecule has 4 aromatic carbocycles. The molecule has 0 heterocycles. The van der Waals surface area contributed by atoms with Crippen LogP contribution in [0.3, 0.4) is 0 Å². The maximum atomic E-state index is 10.4. The molecule has 21 heavy (non-hydrogen) atoms.